The van der Waals surface area contributed by atoms with Gasteiger partial charge in [-0.2, -0.15) is 0 Å². The maximum absolute atomic E-state index is 10.4. The molecule has 76 valence electrons. The highest BCUT2D eigenvalue weighted by Gasteiger charge is 2.10. The van der Waals surface area contributed by atoms with Gasteiger partial charge < -0.3 is 9.84 Å². The largest absolute Gasteiger partial charge is 0.479 e. The van der Waals surface area contributed by atoms with Crippen molar-refractivity contribution in [2.45, 2.75) is 19.6 Å². The fourth-order valence-electron chi connectivity index (χ4n) is 0.873. The van der Waals surface area contributed by atoms with Gasteiger partial charge in [0.15, 0.2) is 6.10 Å². The summed E-state index contributed by atoms with van der Waals surface area (Å²) >= 11 is 5.69. The van der Waals surface area contributed by atoms with Gasteiger partial charge in [0.25, 0.3) is 0 Å². The van der Waals surface area contributed by atoms with Crippen LogP contribution < -0.4 is 0 Å². The maximum atomic E-state index is 10.4. The summed E-state index contributed by atoms with van der Waals surface area (Å²) in [5, 5.41) is 9.21. The SMILES string of the molecule is C[C@H](OCc1ccc(Cl)cc1)C(=O)O. The Balaban J connectivity index is 2.46. The molecule has 0 bridgehead atoms. The van der Waals surface area contributed by atoms with Crippen LogP contribution in [0.5, 0.6) is 0 Å². The van der Waals surface area contributed by atoms with E-state index in [2.05, 4.69) is 0 Å². The molecule has 0 aliphatic rings. The Morgan fingerprint density at radius 3 is 2.57 bits per heavy atom. The number of halogens is 1. The molecule has 1 rings (SSSR count). The van der Waals surface area contributed by atoms with E-state index < -0.39 is 12.1 Å². The highest BCUT2D eigenvalue weighted by Crippen LogP contribution is 2.10. The van der Waals surface area contributed by atoms with Gasteiger partial charge >= 0.3 is 5.97 Å². The van der Waals surface area contributed by atoms with E-state index in [1.165, 1.54) is 6.92 Å². The monoisotopic (exact) mass is 214 g/mol. The standard InChI is InChI=1S/C10H11ClO3/c1-7(10(12)13)14-6-8-2-4-9(11)5-3-8/h2-5,7H,6H2,1H3,(H,12,13)/t7-/m0/s1. The molecule has 0 aliphatic carbocycles. The van der Waals surface area contributed by atoms with Crippen molar-refractivity contribution in [3.05, 3.63) is 34.9 Å². The van der Waals surface area contributed by atoms with Crippen LogP contribution >= 0.6 is 11.6 Å². The summed E-state index contributed by atoms with van der Waals surface area (Å²) in [5.41, 5.74) is 0.905. The molecule has 1 atom stereocenters. The van der Waals surface area contributed by atoms with Gasteiger partial charge in [0.1, 0.15) is 0 Å². The maximum Gasteiger partial charge on any atom is 0.332 e. The van der Waals surface area contributed by atoms with Crippen molar-refractivity contribution in [3.63, 3.8) is 0 Å². The van der Waals surface area contributed by atoms with Crippen LogP contribution in [0, 0.1) is 0 Å². The Morgan fingerprint density at radius 2 is 2.07 bits per heavy atom. The van der Waals surface area contributed by atoms with Crippen molar-refractivity contribution in [2.75, 3.05) is 0 Å². The van der Waals surface area contributed by atoms with Gasteiger partial charge in [0.2, 0.25) is 0 Å². The van der Waals surface area contributed by atoms with Gasteiger partial charge in [-0.1, -0.05) is 23.7 Å². The Kier molecular flexibility index (Phi) is 3.92. The molecule has 0 amide bonds. The Hall–Kier alpha value is -1.06. The summed E-state index contributed by atoms with van der Waals surface area (Å²) < 4.78 is 5.09. The summed E-state index contributed by atoms with van der Waals surface area (Å²) in [6.07, 6.45) is -0.786. The predicted octanol–water partition coefficient (Wildman–Crippen LogP) is 2.33. The molecule has 1 aromatic rings. The van der Waals surface area contributed by atoms with Gasteiger partial charge in [-0.3, -0.25) is 0 Å². The zero-order valence-electron chi connectivity index (χ0n) is 7.74. The van der Waals surface area contributed by atoms with Crippen LogP contribution in [-0.4, -0.2) is 17.2 Å². The molecule has 0 radical (unpaired) electrons. The lowest BCUT2D eigenvalue weighted by molar-refractivity contribution is -0.149. The average molecular weight is 215 g/mol. The summed E-state index contributed by atoms with van der Waals surface area (Å²) in [4.78, 5) is 10.4. The number of benzene rings is 1. The topological polar surface area (TPSA) is 46.5 Å². The van der Waals surface area contributed by atoms with Crippen LogP contribution in [-0.2, 0) is 16.1 Å². The molecule has 0 aliphatic heterocycles. The molecule has 1 aromatic carbocycles. The van der Waals surface area contributed by atoms with Crippen LogP contribution in [0.15, 0.2) is 24.3 Å². The quantitative estimate of drug-likeness (QED) is 0.837. The first-order valence-electron chi connectivity index (χ1n) is 4.18. The van der Waals surface area contributed by atoms with E-state index in [4.69, 9.17) is 21.4 Å². The smallest absolute Gasteiger partial charge is 0.332 e. The second kappa shape index (κ2) is 4.98. The fourth-order valence-corrected chi connectivity index (χ4v) is 0.999. The molecule has 3 nitrogen and oxygen atoms in total. The van der Waals surface area contributed by atoms with Crippen LogP contribution in [0.4, 0.5) is 0 Å². The van der Waals surface area contributed by atoms with Crippen molar-refractivity contribution in [1.82, 2.24) is 0 Å². The van der Waals surface area contributed by atoms with E-state index in [-0.39, 0.29) is 6.61 Å². The van der Waals surface area contributed by atoms with Gasteiger partial charge in [0.05, 0.1) is 6.61 Å². The fraction of sp³-hybridized carbons (Fsp3) is 0.300. The van der Waals surface area contributed by atoms with Crippen molar-refractivity contribution in [3.8, 4) is 0 Å². The number of carboxylic acid groups (broad SMARTS) is 1. The van der Waals surface area contributed by atoms with Gasteiger partial charge in [0, 0.05) is 5.02 Å². The van der Waals surface area contributed by atoms with Crippen molar-refractivity contribution < 1.29 is 14.6 Å². The van der Waals surface area contributed by atoms with Gasteiger partial charge in [-0.05, 0) is 24.6 Å². The number of carboxylic acids is 1. The second-order valence-corrected chi connectivity index (χ2v) is 3.35. The first kappa shape index (κ1) is 11.0. The van der Waals surface area contributed by atoms with E-state index in [1.54, 1.807) is 24.3 Å². The van der Waals surface area contributed by atoms with E-state index in [0.29, 0.717) is 5.02 Å². The molecule has 14 heavy (non-hydrogen) atoms. The lowest BCUT2D eigenvalue weighted by atomic mass is 10.2. The highest BCUT2D eigenvalue weighted by atomic mass is 35.5. The lowest BCUT2D eigenvalue weighted by Gasteiger charge is -2.07. The first-order valence-corrected chi connectivity index (χ1v) is 4.56. The van der Waals surface area contributed by atoms with Crippen LogP contribution in [0.25, 0.3) is 0 Å². The number of ether oxygens (including phenoxy) is 1. The highest BCUT2D eigenvalue weighted by molar-refractivity contribution is 6.30. The van der Waals surface area contributed by atoms with E-state index in [1.807, 2.05) is 0 Å². The lowest BCUT2D eigenvalue weighted by Crippen LogP contribution is -2.19. The number of carbonyl (C=O) groups is 1. The first-order chi connectivity index (χ1) is 6.59. The summed E-state index contributed by atoms with van der Waals surface area (Å²) in [6, 6.07) is 7.09. The minimum absolute atomic E-state index is 0.282. The molecule has 0 unspecified atom stereocenters. The van der Waals surface area contributed by atoms with Crippen LogP contribution in [0.2, 0.25) is 5.02 Å². The normalized spacial score (nSPS) is 12.4. The Morgan fingerprint density at radius 1 is 1.50 bits per heavy atom. The molecule has 0 heterocycles. The average Bonchev–Trinajstić information content (AvgIpc) is 2.16. The van der Waals surface area contributed by atoms with Crippen LogP contribution in [0.3, 0.4) is 0 Å². The minimum atomic E-state index is -0.959. The second-order valence-electron chi connectivity index (χ2n) is 2.92. The van der Waals surface area contributed by atoms with Crippen molar-refractivity contribution >= 4 is 17.6 Å². The summed E-state index contributed by atoms with van der Waals surface area (Å²) in [6.45, 7) is 1.78. The third-order valence-electron chi connectivity index (χ3n) is 1.76. The molecular weight excluding hydrogens is 204 g/mol. The van der Waals surface area contributed by atoms with Gasteiger partial charge in [-0.25, -0.2) is 4.79 Å². The van der Waals surface area contributed by atoms with E-state index >= 15 is 0 Å². The molecule has 0 aromatic heterocycles. The van der Waals surface area contributed by atoms with Crippen molar-refractivity contribution in [1.29, 1.82) is 0 Å². The Bertz CT molecular complexity index is 308. The van der Waals surface area contributed by atoms with Crippen LogP contribution in [0.1, 0.15) is 12.5 Å². The van der Waals surface area contributed by atoms with E-state index in [0.717, 1.165) is 5.56 Å². The zero-order valence-corrected chi connectivity index (χ0v) is 8.49. The Labute approximate surface area is 87.3 Å². The van der Waals surface area contributed by atoms with E-state index in [9.17, 15) is 4.79 Å². The molecule has 0 saturated heterocycles. The molecule has 1 N–H and O–H groups in total. The number of hydrogen-bond acceptors (Lipinski definition) is 2. The third-order valence-corrected chi connectivity index (χ3v) is 2.01. The molecule has 4 heteroatoms. The number of hydrogen-bond donors (Lipinski definition) is 1. The summed E-state index contributed by atoms with van der Waals surface area (Å²) in [7, 11) is 0. The third kappa shape index (κ3) is 3.36. The van der Waals surface area contributed by atoms with Crippen molar-refractivity contribution in [2.24, 2.45) is 0 Å². The number of aliphatic carboxylic acids is 1. The molecular formula is C10H11ClO3. The predicted molar refractivity (Wildman–Crippen MR) is 53.3 cm³/mol. The summed E-state index contributed by atoms with van der Waals surface area (Å²) in [5.74, 6) is -0.959. The minimum Gasteiger partial charge on any atom is -0.479 e. The number of rotatable bonds is 4. The zero-order chi connectivity index (χ0) is 10.6. The molecule has 0 spiro atoms. The molecule has 0 saturated carbocycles. The van der Waals surface area contributed by atoms with Gasteiger partial charge in [-0.15, -0.1) is 0 Å². The molecule has 0 fully saturated rings.